The van der Waals surface area contributed by atoms with Gasteiger partial charge in [-0.3, -0.25) is 4.79 Å². The zero-order valence-electron chi connectivity index (χ0n) is 9.75. The van der Waals surface area contributed by atoms with Crippen molar-refractivity contribution in [2.45, 2.75) is 26.7 Å². The van der Waals surface area contributed by atoms with Crippen LogP contribution in [-0.4, -0.2) is 17.7 Å². The molecule has 0 aliphatic carbocycles. The Balaban J connectivity index is 3.01. The second-order valence-electron chi connectivity index (χ2n) is 3.54. The third-order valence-electron chi connectivity index (χ3n) is 2.38. The van der Waals surface area contributed by atoms with E-state index in [9.17, 15) is 4.79 Å². The lowest BCUT2D eigenvalue weighted by molar-refractivity contribution is -0.115. The summed E-state index contributed by atoms with van der Waals surface area (Å²) in [5.41, 5.74) is 2.16. The predicted octanol–water partition coefficient (Wildman–Crippen LogP) is 3.15. The maximum atomic E-state index is 11.4. The Hall–Kier alpha value is -0.830. The standard InChI is InChI=1S/C13H17BrO2/c1-3-10-6-5-7-11(8-12(15)9-14)13(10)16-4-2/h5-7H,3-4,8-9H2,1-2H3. The highest BCUT2D eigenvalue weighted by Crippen LogP contribution is 2.25. The monoisotopic (exact) mass is 284 g/mol. The molecule has 0 N–H and O–H groups in total. The van der Waals surface area contributed by atoms with Crippen molar-refractivity contribution >= 4 is 21.7 Å². The minimum Gasteiger partial charge on any atom is -0.493 e. The fourth-order valence-electron chi connectivity index (χ4n) is 1.65. The molecular weight excluding hydrogens is 268 g/mol. The minimum absolute atomic E-state index is 0.175. The second-order valence-corrected chi connectivity index (χ2v) is 4.10. The molecule has 0 aromatic heterocycles. The van der Waals surface area contributed by atoms with Crippen LogP contribution in [0.15, 0.2) is 18.2 Å². The van der Waals surface area contributed by atoms with Gasteiger partial charge in [-0.05, 0) is 18.9 Å². The highest BCUT2D eigenvalue weighted by Gasteiger charge is 2.11. The van der Waals surface area contributed by atoms with E-state index >= 15 is 0 Å². The number of hydrogen-bond donors (Lipinski definition) is 0. The van der Waals surface area contributed by atoms with Gasteiger partial charge in [0.2, 0.25) is 0 Å². The summed E-state index contributed by atoms with van der Waals surface area (Å²) < 4.78 is 5.64. The Labute approximate surface area is 105 Å². The molecule has 1 aromatic rings. The molecule has 0 fully saturated rings. The van der Waals surface area contributed by atoms with Crippen LogP contribution in [-0.2, 0) is 17.6 Å². The van der Waals surface area contributed by atoms with Gasteiger partial charge in [0.05, 0.1) is 11.9 Å². The molecule has 0 saturated heterocycles. The molecule has 0 bridgehead atoms. The number of ether oxygens (including phenoxy) is 1. The summed E-state index contributed by atoms with van der Waals surface area (Å²) in [6.45, 7) is 4.68. The van der Waals surface area contributed by atoms with Crippen LogP contribution < -0.4 is 4.74 Å². The van der Waals surface area contributed by atoms with Gasteiger partial charge in [-0.1, -0.05) is 41.1 Å². The molecular formula is C13H17BrO2. The summed E-state index contributed by atoms with van der Waals surface area (Å²) >= 11 is 3.18. The summed E-state index contributed by atoms with van der Waals surface area (Å²) in [5.74, 6) is 1.07. The molecule has 88 valence electrons. The number of rotatable bonds is 6. The number of alkyl halides is 1. The molecule has 0 aliphatic heterocycles. The highest BCUT2D eigenvalue weighted by atomic mass is 79.9. The summed E-state index contributed by atoms with van der Waals surface area (Å²) in [6, 6.07) is 6.00. The van der Waals surface area contributed by atoms with Crippen LogP contribution in [0.2, 0.25) is 0 Å². The van der Waals surface area contributed by atoms with E-state index in [1.54, 1.807) is 0 Å². The van der Waals surface area contributed by atoms with Crippen LogP contribution in [0.3, 0.4) is 0 Å². The van der Waals surface area contributed by atoms with E-state index in [0.717, 1.165) is 17.7 Å². The van der Waals surface area contributed by atoms with E-state index in [0.29, 0.717) is 18.4 Å². The fraction of sp³-hybridized carbons (Fsp3) is 0.462. The maximum absolute atomic E-state index is 11.4. The first-order valence-electron chi connectivity index (χ1n) is 5.54. The number of benzene rings is 1. The summed E-state index contributed by atoms with van der Waals surface area (Å²) in [5, 5.41) is 0.398. The Kier molecular flexibility index (Phi) is 5.53. The number of ketones is 1. The van der Waals surface area contributed by atoms with Gasteiger partial charge >= 0.3 is 0 Å². The molecule has 1 aromatic carbocycles. The Morgan fingerprint density at radius 3 is 2.56 bits per heavy atom. The van der Waals surface area contributed by atoms with E-state index in [1.165, 1.54) is 5.56 Å². The normalized spacial score (nSPS) is 10.2. The van der Waals surface area contributed by atoms with Crippen LogP contribution in [0.5, 0.6) is 5.75 Å². The molecule has 3 heteroatoms. The summed E-state index contributed by atoms with van der Waals surface area (Å²) in [7, 11) is 0. The zero-order chi connectivity index (χ0) is 12.0. The molecule has 0 heterocycles. The number of carbonyl (C=O) groups is 1. The fourth-order valence-corrected chi connectivity index (χ4v) is 1.84. The molecule has 0 atom stereocenters. The third kappa shape index (κ3) is 3.34. The molecule has 1 rings (SSSR count). The van der Waals surface area contributed by atoms with E-state index in [-0.39, 0.29) is 5.78 Å². The Morgan fingerprint density at radius 1 is 1.31 bits per heavy atom. The van der Waals surface area contributed by atoms with Crippen molar-refractivity contribution in [3.63, 3.8) is 0 Å². The van der Waals surface area contributed by atoms with E-state index < -0.39 is 0 Å². The van der Waals surface area contributed by atoms with E-state index in [4.69, 9.17) is 4.74 Å². The number of hydrogen-bond acceptors (Lipinski definition) is 2. The lowest BCUT2D eigenvalue weighted by Crippen LogP contribution is -2.07. The molecule has 16 heavy (non-hydrogen) atoms. The first-order valence-corrected chi connectivity index (χ1v) is 6.66. The van der Waals surface area contributed by atoms with Crippen molar-refractivity contribution in [1.29, 1.82) is 0 Å². The largest absolute Gasteiger partial charge is 0.493 e. The maximum Gasteiger partial charge on any atom is 0.147 e. The van der Waals surface area contributed by atoms with Gasteiger partial charge in [0.15, 0.2) is 0 Å². The average Bonchev–Trinajstić information content (AvgIpc) is 2.31. The predicted molar refractivity (Wildman–Crippen MR) is 69.5 cm³/mol. The number of carbonyl (C=O) groups excluding carboxylic acids is 1. The smallest absolute Gasteiger partial charge is 0.147 e. The van der Waals surface area contributed by atoms with Gasteiger partial charge in [-0.2, -0.15) is 0 Å². The SMILES string of the molecule is CCOc1c(CC)cccc1CC(=O)CBr. The third-order valence-corrected chi connectivity index (χ3v) is 3.01. The van der Waals surface area contributed by atoms with Crippen LogP contribution in [0, 0.1) is 0 Å². The van der Waals surface area contributed by atoms with Crippen molar-refractivity contribution in [2.24, 2.45) is 0 Å². The minimum atomic E-state index is 0.175. The highest BCUT2D eigenvalue weighted by molar-refractivity contribution is 9.09. The van der Waals surface area contributed by atoms with Crippen molar-refractivity contribution in [3.05, 3.63) is 29.3 Å². The topological polar surface area (TPSA) is 26.3 Å². The van der Waals surface area contributed by atoms with Gasteiger partial charge in [0.25, 0.3) is 0 Å². The zero-order valence-corrected chi connectivity index (χ0v) is 11.3. The molecule has 0 aliphatic rings. The molecule has 0 saturated carbocycles. The van der Waals surface area contributed by atoms with Gasteiger partial charge < -0.3 is 4.74 Å². The van der Waals surface area contributed by atoms with Gasteiger partial charge in [0.1, 0.15) is 11.5 Å². The quantitative estimate of drug-likeness (QED) is 0.750. The van der Waals surface area contributed by atoms with Gasteiger partial charge in [-0.15, -0.1) is 0 Å². The van der Waals surface area contributed by atoms with E-state index in [1.807, 2.05) is 25.1 Å². The lowest BCUT2D eigenvalue weighted by Gasteiger charge is -2.13. The van der Waals surface area contributed by atoms with Crippen LogP contribution in [0.4, 0.5) is 0 Å². The molecule has 0 radical (unpaired) electrons. The number of halogens is 1. The lowest BCUT2D eigenvalue weighted by atomic mass is 10.0. The van der Waals surface area contributed by atoms with Crippen LogP contribution >= 0.6 is 15.9 Å². The average molecular weight is 285 g/mol. The van der Waals surface area contributed by atoms with E-state index in [2.05, 4.69) is 22.9 Å². The molecule has 0 amide bonds. The number of aryl methyl sites for hydroxylation is 1. The van der Waals surface area contributed by atoms with Gasteiger partial charge in [-0.25, -0.2) is 0 Å². The Morgan fingerprint density at radius 2 is 2.00 bits per heavy atom. The first-order chi connectivity index (χ1) is 7.72. The number of Topliss-reactive ketones (excluding diaryl/α,β-unsaturated/α-hetero) is 1. The van der Waals surface area contributed by atoms with Crippen molar-refractivity contribution in [2.75, 3.05) is 11.9 Å². The van der Waals surface area contributed by atoms with Crippen molar-refractivity contribution < 1.29 is 9.53 Å². The molecule has 2 nitrogen and oxygen atoms in total. The van der Waals surface area contributed by atoms with Crippen LogP contribution in [0.25, 0.3) is 0 Å². The summed E-state index contributed by atoms with van der Waals surface area (Å²) in [4.78, 5) is 11.4. The summed E-state index contributed by atoms with van der Waals surface area (Å²) in [6.07, 6.45) is 1.36. The second kappa shape index (κ2) is 6.69. The molecule has 0 spiro atoms. The molecule has 0 unspecified atom stereocenters. The number of para-hydroxylation sites is 1. The van der Waals surface area contributed by atoms with Gasteiger partial charge in [0, 0.05) is 12.0 Å². The first kappa shape index (κ1) is 13.2. The van der Waals surface area contributed by atoms with Crippen molar-refractivity contribution in [1.82, 2.24) is 0 Å². The van der Waals surface area contributed by atoms with Crippen LogP contribution in [0.1, 0.15) is 25.0 Å². The Bertz CT molecular complexity index is 361. The van der Waals surface area contributed by atoms with Crippen molar-refractivity contribution in [3.8, 4) is 5.75 Å².